The summed E-state index contributed by atoms with van der Waals surface area (Å²) in [5, 5.41) is 5.89. The minimum absolute atomic E-state index is 0.390. The van der Waals surface area contributed by atoms with Crippen molar-refractivity contribution < 1.29 is 9.59 Å². The van der Waals surface area contributed by atoms with Gasteiger partial charge in [-0.25, -0.2) is 0 Å². The number of carbonyl (C=O) groups excluding carboxylic acids is 2. The van der Waals surface area contributed by atoms with Gasteiger partial charge < -0.3 is 10.6 Å². The molecular weight excluding hydrogens is 312 g/mol. The van der Waals surface area contributed by atoms with E-state index in [-0.39, 0.29) is 0 Å². The molecule has 2 N–H and O–H groups in total. The molecule has 0 aromatic heterocycles. The highest BCUT2D eigenvalue weighted by atomic mass is 35.5. The molecule has 0 bridgehead atoms. The molecule has 2 rings (SSSR count). The molecule has 0 aliphatic rings. The molecular formula is C18H19ClN2O2. The quantitative estimate of drug-likeness (QED) is 0.845. The lowest BCUT2D eigenvalue weighted by molar-refractivity contribution is -0.136. The first-order valence-corrected chi connectivity index (χ1v) is 7.74. The van der Waals surface area contributed by atoms with Crippen molar-refractivity contribution in [2.45, 2.75) is 20.3 Å². The first-order valence-electron chi connectivity index (χ1n) is 7.36. The number of rotatable bonds is 4. The summed E-state index contributed by atoms with van der Waals surface area (Å²) in [7, 11) is 0. The summed E-state index contributed by atoms with van der Waals surface area (Å²) < 4.78 is 0. The lowest BCUT2D eigenvalue weighted by Gasteiger charge is -2.08. The molecule has 2 aromatic rings. The first-order chi connectivity index (χ1) is 10.9. The van der Waals surface area contributed by atoms with E-state index in [1.165, 1.54) is 0 Å². The SMILES string of the molecule is Cc1cc(C)cc(NC(=O)C(=O)NCCc2ccc(Cl)cc2)c1. The van der Waals surface area contributed by atoms with Crippen LogP contribution in [0.1, 0.15) is 16.7 Å². The van der Waals surface area contributed by atoms with E-state index >= 15 is 0 Å². The van der Waals surface area contributed by atoms with E-state index in [0.717, 1.165) is 16.7 Å². The van der Waals surface area contributed by atoms with E-state index in [9.17, 15) is 9.59 Å². The molecule has 0 saturated carbocycles. The van der Waals surface area contributed by atoms with Crippen LogP contribution in [0.2, 0.25) is 5.02 Å². The van der Waals surface area contributed by atoms with Gasteiger partial charge in [-0.2, -0.15) is 0 Å². The molecule has 2 aromatic carbocycles. The number of aryl methyl sites for hydroxylation is 2. The number of hydrogen-bond donors (Lipinski definition) is 2. The zero-order chi connectivity index (χ0) is 16.8. The Bertz CT molecular complexity index is 691. The molecule has 0 fully saturated rings. The molecule has 120 valence electrons. The van der Waals surface area contributed by atoms with Crippen LogP contribution < -0.4 is 10.6 Å². The average Bonchev–Trinajstić information content (AvgIpc) is 2.48. The third-order valence-corrected chi connectivity index (χ3v) is 3.55. The maximum Gasteiger partial charge on any atom is 0.313 e. The molecule has 23 heavy (non-hydrogen) atoms. The summed E-state index contributed by atoms with van der Waals surface area (Å²) in [6, 6.07) is 13.0. The van der Waals surface area contributed by atoms with Gasteiger partial charge in [0.1, 0.15) is 0 Å². The fourth-order valence-electron chi connectivity index (χ4n) is 2.29. The minimum atomic E-state index is -0.661. The Morgan fingerprint density at radius 2 is 1.57 bits per heavy atom. The summed E-state index contributed by atoms with van der Waals surface area (Å²) >= 11 is 5.81. The van der Waals surface area contributed by atoms with Crippen LogP contribution in [-0.4, -0.2) is 18.4 Å². The highest BCUT2D eigenvalue weighted by Gasteiger charge is 2.13. The zero-order valence-corrected chi connectivity index (χ0v) is 13.9. The second-order valence-electron chi connectivity index (χ2n) is 5.46. The van der Waals surface area contributed by atoms with Gasteiger partial charge in [-0.15, -0.1) is 0 Å². The summed E-state index contributed by atoms with van der Waals surface area (Å²) in [6.45, 7) is 4.27. The molecule has 0 radical (unpaired) electrons. The lowest BCUT2D eigenvalue weighted by atomic mass is 10.1. The highest BCUT2D eigenvalue weighted by Crippen LogP contribution is 2.13. The molecule has 0 aliphatic heterocycles. The Balaban J connectivity index is 1.83. The average molecular weight is 331 g/mol. The van der Waals surface area contributed by atoms with Gasteiger partial charge in [0.2, 0.25) is 0 Å². The van der Waals surface area contributed by atoms with Crippen molar-refractivity contribution in [1.82, 2.24) is 5.32 Å². The van der Waals surface area contributed by atoms with Crippen LogP contribution in [0.3, 0.4) is 0 Å². The van der Waals surface area contributed by atoms with Crippen LogP contribution in [0.5, 0.6) is 0 Å². The number of anilines is 1. The minimum Gasteiger partial charge on any atom is -0.347 e. The van der Waals surface area contributed by atoms with Crippen molar-refractivity contribution >= 4 is 29.1 Å². The first kappa shape index (κ1) is 17.0. The number of benzene rings is 2. The van der Waals surface area contributed by atoms with Crippen LogP contribution in [0, 0.1) is 13.8 Å². The Labute approximate surface area is 140 Å². The zero-order valence-electron chi connectivity index (χ0n) is 13.2. The standard InChI is InChI=1S/C18H19ClN2O2/c1-12-9-13(2)11-16(10-12)21-18(23)17(22)20-8-7-14-3-5-15(19)6-4-14/h3-6,9-11H,7-8H2,1-2H3,(H,20,22)(H,21,23). The van der Waals surface area contributed by atoms with E-state index < -0.39 is 11.8 Å². The van der Waals surface area contributed by atoms with E-state index in [4.69, 9.17) is 11.6 Å². The van der Waals surface area contributed by atoms with Crippen molar-refractivity contribution in [1.29, 1.82) is 0 Å². The van der Waals surface area contributed by atoms with Crippen LogP contribution in [0.4, 0.5) is 5.69 Å². The Kier molecular flexibility index (Phi) is 5.77. The van der Waals surface area contributed by atoms with Crippen LogP contribution in [0.15, 0.2) is 42.5 Å². The third-order valence-electron chi connectivity index (χ3n) is 3.30. The van der Waals surface area contributed by atoms with Gasteiger partial charge in [0, 0.05) is 17.3 Å². The maximum absolute atomic E-state index is 11.9. The molecule has 0 unspecified atom stereocenters. The van der Waals surface area contributed by atoms with Crippen LogP contribution in [0.25, 0.3) is 0 Å². The maximum atomic E-state index is 11.9. The monoisotopic (exact) mass is 330 g/mol. The van der Waals surface area contributed by atoms with Crippen LogP contribution >= 0.6 is 11.6 Å². The predicted octanol–water partition coefficient (Wildman–Crippen LogP) is 3.25. The molecule has 0 heterocycles. The van der Waals surface area contributed by atoms with Gasteiger partial charge in [0.05, 0.1) is 0 Å². The fraction of sp³-hybridized carbons (Fsp3) is 0.222. The Hall–Kier alpha value is -2.33. The number of hydrogen-bond acceptors (Lipinski definition) is 2. The number of carbonyl (C=O) groups is 2. The van der Waals surface area contributed by atoms with Crippen molar-refractivity contribution in [3.05, 3.63) is 64.2 Å². The summed E-state index contributed by atoms with van der Waals surface area (Å²) in [4.78, 5) is 23.7. The third kappa shape index (κ3) is 5.42. The smallest absolute Gasteiger partial charge is 0.313 e. The summed E-state index contributed by atoms with van der Waals surface area (Å²) in [5.41, 5.74) is 3.73. The normalized spacial score (nSPS) is 10.2. The number of nitrogens with one attached hydrogen (secondary N) is 2. The second-order valence-corrected chi connectivity index (χ2v) is 5.90. The Morgan fingerprint density at radius 1 is 0.957 bits per heavy atom. The van der Waals surface area contributed by atoms with E-state index in [1.54, 1.807) is 12.1 Å². The molecule has 5 heteroatoms. The van der Waals surface area contributed by atoms with Gasteiger partial charge in [-0.3, -0.25) is 9.59 Å². The second kappa shape index (κ2) is 7.79. The molecule has 2 amide bonds. The molecule has 0 saturated heterocycles. The highest BCUT2D eigenvalue weighted by molar-refractivity contribution is 6.39. The summed E-state index contributed by atoms with van der Waals surface area (Å²) in [5.74, 6) is -1.30. The molecule has 0 spiro atoms. The molecule has 0 atom stereocenters. The van der Waals surface area contributed by atoms with Crippen molar-refractivity contribution in [2.75, 3.05) is 11.9 Å². The van der Waals surface area contributed by atoms with Gasteiger partial charge in [0.25, 0.3) is 0 Å². The van der Waals surface area contributed by atoms with Gasteiger partial charge >= 0.3 is 11.8 Å². The van der Waals surface area contributed by atoms with Crippen LogP contribution in [-0.2, 0) is 16.0 Å². The van der Waals surface area contributed by atoms with Crippen molar-refractivity contribution in [2.24, 2.45) is 0 Å². The lowest BCUT2D eigenvalue weighted by Crippen LogP contribution is -2.36. The Morgan fingerprint density at radius 3 is 2.17 bits per heavy atom. The van der Waals surface area contributed by atoms with Crippen molar-refractivity contribution in [3.8, 4) is 0 Å². The number of halogens is 1. The topological polar surface area (TPSA) is 58.2 Å². The van der Waals surface area contributed by atoms with E-state index in [0.29, 0.717) is 23.7 Å². The molecule has 0 aliphatic carbocycles. The van der Waals surface area contributed by atoms with Gasteiger partial charge in [-0.05, 0) is 61.2 Å². The van der Waals surface area contributed by atoms with Crippen molar-refractivity contribution in [3.63, 3.8) is 0 Å². The van der Waals surface area contributed by atoms with Gasteiger partial charge in [0.15, 0.2) is 0 Å². The predicted molar refractivity (Wildman–Crippen MR) is 92.7 cm³/mol. The molecule has 4 nitrogen and oxygen atoms in total. The van der Waals surface area contributed by atoms with E-state index in [1.807, 2.05) is 44.2 Å². The fourth-order valence-corrected chi connectivity index (χ4v) is 2.41. The largest absolute Gasteiger partial charge is 0.347 e. The van der Waals surface area contributed by atoms with Gasteiger partial charge in [-0.1, -0.05) is 29.8 Å². The van der Waals surface area contributed by atoms with E-state index in [2.05, 4.69) is 10.6 Å². The number of amides is 2. The summed E-state index contributed by atoms with van der Waals surface area (Å²) in [6.07, 6.45) is 0.639.